The van der Waals surface area contributed by atoms with Crippen LogP contribution in [0.1, 0.15) is 24.8 Å². The van der Waals surface area contributed by atoms with E-state index in [1.807, 2.05) is 0 Å². The fraction of sp³-hybridized carbons (Fsp3) is 0.600. The highest BCUT2D eigenvalue weighted by Crippen LogP contribution is 2.36. The van der Waals surface area contributed by atoms with Crippen LogP contribution in [0.5, 0.6) is 0 Å². The Morgan fingerprint density at radius 2 is 2.24 bits per heavy atom. The minimum Gasteiger partial charge on any atom is -0.206 e. The summed E-state index contributed by atoms with van der Waals surface area (Å²) in [5.74, 6) is 0. The smallest absolute Gasteiger partial charge is 0.206 e. The summed E-state index contributed by atoms with van der Waals surface area (Å²) in [6.07, 6.45) is 2.84. The third-order valence-electron chi connectivity index (χ3n) is 3.02. The van der Waals surface area contributed by atoms with Gasteiger partial charge in [0.05, 0.1) is 4.34 Å². The Bertz CT molecular complexity index is 497. The molecule has 0 aliphatic heterocycles. The van der Waals surface area contributed by atoms with Crippen LogP contribution >= 0.6 is 38.9 Å². The maximum absolute atomic E-state index is 12.2. The van der Waals surface area contributed by atoms with Gasteiger partial charge in [-0.25, -0.2) is 13.1 Å². The van der Waals surface area contributed by atoms with Crippen LogP contribution in [-0.2, 0) is 10.0 Å². The Hall–Kier alpha value is 0.380. The molecule has 1 aromatic heterocycles. The van der Waals surface area contributed by atoms with E-state index in [4.69, 9.17) is 11.6 Å². The Morgan fingerprint density at radius 3 is 2.59 bits per heavy atom. The molecule has 0 aromatic carbocycles. The van der Waals surface area contributed by atoms with Gasteiger partial charge in [-0.2, -0.15) is 0 Å². The molecule has 0 unspecified atom stereocenters. The summed E-state index contributed by atoms with van der Waals surface area (Å²) in [6, 6.07) is 1.62. The normalized spacial score (nSPS) is 19.0. The van der Waals surface area contributed by atoms with E-state index < -0.39 is 10.0 Å². The molecule has 0 spiro atoms. The third kappa shape index (κ3) is 2.71. The predicted octanol–water partition coefficient (Wildman–Crippen LogP) is 3.31. The first-order chi connectivity index (χ1) is 7.88. The van der Waals surface area contributed by atoms with Crippen molar-refractivity contribution in [3.8, 4) is 0 Å². The third-order valence-corrected chi connectivity index (χ3v) is 7.70. The van der Waals surface area contributed by atoms with Gasteiger partial charge in [-0.3, -0.25) is 0 Å². The number of nitrogens with one attached hydrogen (secondary N) is 1. The molecule has 1 saturated carbocycles. The maximum Gasteiger partial charge on any atom is 0.250 e. The molecule has 3 nitrogen and oxygen atoms in total. The summed E-state index contributed by atoms with van der Waals surface area (Å²) >= 11 is 10.4. The quantitative estimate of drug-likeness (QED) is 0.839. The Labute approximate surface area is 119 Å². The van der Waals surface area contributed by atoms with Crippen molar-refractivity contribution in [2.24, 2.45) is 0 Å². The van der Waals surface area contributed by atoms with Crippen molar-refractivity contribution in [3.63, 3.8) is 0 Å². The van der Waals surface area contributed by atoms with Gasteiger partial charge < -0.3 is 0 Å². The highest BCUT2D eigenvalue weighted by Gasteiger charge is 2.40. The van der Waals surface area contributed by atoms with Crippen LogP contribution in [0.4, 0.5) is 0 Å². The average molecular weight is 359 g/mol. The summed E-state index contributed by atoms with van der Waals surface area (Å²) in [5.41, 5.74) is 0.502. The molecule has 1 aromatic rings. The standard InChI is InChI=1S/C10H13BrClNO2S2/c1-7-5-8(16-9(7)12)17(14,15)13-10(6-11)3-2-4-10/h5,13H,2-4,6H2,1H3. The molecule has 1 heterocycles. The van der Waals surface area contributed by atoms with Crippen LogP contribution in [0, 0.1) is 6.92 Å². The van der Waals surface area contributed by atoms with E-state index in [9.17, 15) is 8.42 Å². The molecule has 1 aliphatic carbocycles. The van der Waals surface area contributed by atoms with Gasteiger partial charge in [-0.1, -0.05) is 27.5 Å². The first-order valence-corrected chi connectivity index (χ1v) is 9.04. The van der Waals surface area contributed by atoms with Gasteiger partial charge in [-0.05, 0) is 37.8 Å². The van der Waals surface area contributed by atoms with Crippen molar-refractivity contribution < 1.29 is 8.42 Å². The van der Waals surface area contributed by atoms with E-state index >= 15 is 0 Å². The number of halogens is 2. The molecule has 7 heteroatoms. The molecular formula is C10H13BrClNO2S2. The van der Waals surface area contributed by atoms with Crippen LogP contribution in [0.3, 0.4) is 0 Å². The molecule has 1 fully saturated rings. The molecular weight excluding hydrogens is 346 g/mol. The van der Waals surface area contributed by atoms with Crippen LogP contribution in [0.15, 0.2) is 10.3 Å². The summed E-state index contributed by atoms with van der Waals surface area (Å²) in [4.78, 5) is 0. The number of aryl methyl sites for hydroxylation is 1. The van der Waals surface area contributed by atoms with Crippen molar-refractivity contribution in [1.82, 2.24) is 4.72 Å². The van der Waals surface area contributed by atoms with Gasteiger partial charge in [0, 0.05) is 10.9 Å². The van der Waals surface area contributed by atoms with Crippen LogP contribution in [-0.4, -0.2) is 19.3 Å². The number of alkyl halides is 1. The zero-order chi connectivity index (χ0) is 12.7. The largest absolute Gasteiger partial charge is 0.250 e. The van der Waals surface area contributed by atoms with Gasteiger partial charge in [0.25, 0.3) is 10.0 Å². The first-order valence-electron chi connectivity index (χ1n) is 5.24. The van der Waals surface area contributed by atoms with Gasteiger partial charge in [0.2, 0.25) is 0 Å². The van der Waals surface area contributed by atoms with Gasteiger partial charge in [0.15, 0.2) is 0 Å². The Morgan fingerprint density at radius 1 is 1.59 bits per heavy atom. The van der Waals surface area contributed by atoms with E-state index in [0.29, 0.717) is 13.9 Å². The minimum atomic E-state index is -3.44. The number of thiophene rings is 1. The number of hydrogen-bond donors (Lipinski definition) is 1. The zero-order valence-corrected chi connectivity index (χ0v) is 13.3. The SMILES string of the molecule is Cc1cc(S(=O)(=O)NC2(CBr)CCC2)sc1Cl. The fourth-order valence-corrected chi connectivity index (χ4v) is 5.82. The van der Waals surface area contributed by atoms with Gasteiger partial charge in [0.1, 0.15) is 4.21 Å². The molecule has 1 aliphatic rings. The monoisotopic (exact) mass is 357 g/mol. The molecule has 0 amide bonds. The van der Waals surface area contributed by atoms with E-state index in [2.05, 4.69) is 20.7 Å². The minimum absolute atomic E-state index is 0.298. The van der Waals surface area contributed by atoms with Gasteiger partial charge >= 0.3 is 0 Å². The van der Waals surface area contributed by atoms with Gasteiger partial charge in [-0.15, -0.1) is 11.3 Å². The molecule has 1 N–H and O–H groups in total. The molecule has 0 bridgehead atoms. The second kappa shape index (κ2) is 4.81. The van der Waals surface area contributed by atoms with Crippen molar-refractivity contribution in [2.75, 3.05) is 5.33 Å². The van der Waals surface area contributed by atoms with E-state index in [0.717, 1.165) is 36.2 Å². The lowest BCUT2D eigenvalue weighted by Crippen LogP contribution is -2.54. The molecule has 2 rings (SSSR count). The van der Waals surface area contributed by atoms with E-state index in [1.54, 1.807) is 13.0 Å². The van der Waals surface area contributed by atoms with Crippen LogP contribution < -0.4 is 4.72 Å². The highest BCUT2D eigenvalue weighted by atomic mass is 79.9. The highest BCUT2D eigenvalue weighted by molar-refractivity contribution is 9.09. The second-order valence-electron chi connectivity index (χ2n) is 4.40. The lowest BCUT2D eigenvalue weighted by molar-refractivity contribution is 0.256. The number of rotatable bonds is 4. The zero-order valence-electron chi connectivity index (χ0n) is 9.29. The molecule has 96 valence electrons. The Kier molecular flexibility index (Phi) is 3.91. The molecule has 0 atom stereocenters. The first kappa shape index (κ1) is 13.8. The Balaban J connectivity index is 2.25. The fourth-order valence-electron chi connectivity index (χ4n) is 1.77. The molecule has 0 saturated heterocycles. The van der Waals surface area contributed by atoms with Crippen molar-refractivity contribution in [2.45, 2.75) is 35.9 Å². The predicted molar refractivity (Wildman–Crippen MR) is 74.8 cm³/mol. The number of sulfonamides is 1. The topological polar surface area (TPSA) is 46.2 Å². The van der Waals surface area contributed by atoms with Crippen molar-refractivity contribution in [3.05, 3.63) is 16.0 Å². The second-order valence-corrected chi connectivity index (χ2v) is 8.52. The molecule has 0 radical (unpaired) electrons. The van der Waals surface area contributed by atoms with Crippen LogP contribution in [0.2, 0.25) is 4.34 Å². The molecule has 17 heavy (non-hydrogen) atoms. The summed E-state index contributed by atoms with van der Waals surface area (Å²) in [5, 5.41) is 0.650. The van der Waals surface area contributed by atoms with Crippen molar-refractivity contribution in [1.29, 1.82) is 0 Å². The summed E-state index contributed by atoms with van der Waals surface area (Å²) < 4.78 is 28.0. The van der Waals surface area contributed by atoms with E-state index in [1.165, 1.54) is 0 Å². The summed E-state index contributed by atoms with van der Waals surface area (Å²) in [7, 11) is -3.44. The van der Waals surface area contributed by atoms with E-state index in [-0.39, 0.29) is 5.54 Å². The van der Waals surface area contributed by atoms with Crippen molar-refractivity contribution >= 4 is 48.9 Å². The maximum atomic E-state index is 12.2. The summed E-state index contributed by atoms with van der Waals surface area (Å²) in [6.45, 7) is 1.81. The van der Waals surface area contributed by atoms with Crippen LogP contribution in [0.25, 0.3) is 0 Å². The number of hydrogen-bond acceptors (Lipinski definition) is 3. The average Bonchev–Trinajstić information content (AvgIpc) is 2.54. The lowest BCUT2D eigenvalue weighted by atomic mass is 9.80. The lowest BCUT2D eigenvalue weighted by Gasteiger charge is -2.40.